The van der Waals surface area contributed by atoms with E-state index in [9.17, 15) is 9.59 Å². The summed E-state index contributed by atoms with van der Waals surface area (Å²) < 4.78 is 11.7. The first-order valence-corrected chi connectivity index (χ1v) is 8.30. The molecule has 7 nitrogen and oxygen atoms in total. The van der Waals surface area contributed by atoms with Crippen molar-refractivity contribution in [1.29, 1.82) is 0 Å². The second-order valence-electron chi connectivity index (χ2n) is 5.87. The molecular formula is C20H20N2O5. The summed E-state index contributed by atoms with van der Waals surface area (Å²) in [6.45, 7) is 1.67. The molecule has 1 aromatic heterocycles. The number of esters is 1. The molecule has 0 fully saturated rings. The Morgan fingerprint density at radius 3 is 2.44 bits per heavy atom. The van der Waals surface area contributed by atoms with E-state index < -0.39 is 5.97 Å². The van der Waals surface area contributed by atoms with Crippen LogP contribution in [0.25, 0.3) is 10.9 Å². The molecule has 1 amide bonds. The van der Waals surface area contributed by atoms with Crippen LogP contribution in [0.2, 0.25) is 0 Å². The maximum absolute atomic E-state index is 12.2. The lowest BCUT2D eigenvalue weighted by atomic mass is 10.2. The van der Waals surface area contributed by atoms with E-state index in [1.165, 1.54) is 25.9 Å². The zero-order valence-corrected chi connectivity index (χ0v) is 15.3. The van der Waals surface area contributed by atoms with Crippen molar-refractivity contribution in [2.75, 3.05) is 19.5 Å². The van der Waals surface area contributed by atoms with Crippen molar-refractivity contribution >= 4 is 28.5 Å². The fourth-order valence-corrected chi connectivity index (χ4v) is 2.79. The minimum atomic E-state index is -0.539. The van der Waals surface area contributed by atoms with Crippen LogP contribution in [0.15, 0.2) is 48.5 Å². The van der Waals surface area contributed by atoms with E-state index in [0.717, 1.165) is 5.56 Å². The quantitative estimate of drug-likeness (QED) is 0.677. The SMILES string of the molecule is COC(=O)c1cc2c(OC)cc(NC(C)=O)cc2n1OCc1ccccc1. The van der Waals surface area contributed by atoms with Crippen molar-refractivity contribution in [2.45, 2.75) is 13.5 Å². The number of carbonyl (C=O) groups is 2. The van der Waals surface area contributed by atoms with Gasteiger partial charge in [-0.2, -0.15) is 4.73 Å². The Labute approximate surface area is 156 Å². The Bertz CT molecular complexity index is 979. The number of benzene rings is 2. The van der Waals surface area contributed by atoms with Gasteiger partial charge in [0.05, 0.1) is 19.7 Å². The number of fused-ring (bicyclic) bond motifs is 1. The monoisotopic (exact) mass is 368 g/mol. The van der Waals surface area contributed by atoms with Crippen molar-refractivity contribution in [3.05, 3.63) is 59.8 Å². The van der Waals surface area contributed by atoms with E-state index in [1.807, 2.05) is 30.3 Å². The Balaban J connectivity index is 2.11. The highest BCUT2D eigenvalue weighted by molar-refractivity contribution is 6.00. The smallest absolute Gasteiger partial charge is 0.358 e. The predicted molar refractivity (Wildman–Crippen MR) is 101 cm³/mol. The Morgan fingerprint density at radius 2 is 1.81 bits per heavy atom. The third-order valence-electron chi connectivity index (χ3n) is 3.98. The summed E-state index contributed by atoms with van der Waals surface area (Å²) in [7, 11) is 2.83. The van der Waals surface area contributed by atoms with Crippen molar-refractivity contribution in [3.8, 4) is 5.75 Å². The fourth-order valence-electron chi connectivity index (χ4n) is 2.79. The largest absolute Gasteiger partial charge is 0.496 e. The van der Waals surface area contributed by atoms with Gasteiger partial charge in [0.2, 0.25) is 5.91 Å². The number of hydrogen-bond donors (Lipinski definition) is 1. The molecule has 7 heteroatoms. The van der Waals surface area contributed by atoms with Crippen LogP contribution in [0, 0.1) is 0 Å². The minimum absolute atomic E-state index is 0.215. The number of aromatic nitrogens is 1. The molecular weight excluding hydrogens is 348 g/mol. The molecule has 0 aliphatic rings. The standard InChI is InChI=1S/C20H20N2O5/c1-13(23)21-15-9-17-16(19(10-15)25-2)11-18(20(24)26-3)22(17)27-12-14-7-5-4-6-8-14/h4-11H,12H2,1-3H3,(H,21,23). The van der Waals surface area contributed by atoms with Crippen LogP contribution in [-0.2, 0) is 16.1 Å². The van der Waals surface area contributed by atoms with Gasteiger partial charge in [-0.3, -0.25) is 4.79 Å². The van der Waals surface area contributed by atoms with Crippen LogP contribution in [-0.4, -0.2) is 30.8 Å². The lowest BCUT2D eigenvalue weighted by Gasteiger charge is -2.13. The highest BCUT2D eigenvalue weighted by Crippen LogP contribution is 2.32. The third kappa shape index (κ3) is 3.87. The van der Waals surface area contributed by atoms with E-state index in [0.29, 0.717) is 22.3 Å². The van der Waals surface area contributed by atoms with E-state index >= 15 is 0 Å². The molecule has 0 saturated carbocycles. The first-order valence-electron chi connectivity index (χ1n) is 8.30. The van der Waals surface area contributed by atoms with Gasteiger partial charge in [0.15, 0.2) is 5.69 Å². The topological polar surface area (TPSA) is 78.8 Å². The average molecular weight is 368 g/mol. The van der Waals surface area contributed by atoms with Gasteiger partial charge in [0.25, 0.3) is 0 Å². The lowest BCUT2D eigenvalue weighted by molar-refractivity contribution is -0.114. The highest BCUT2D eigenvalue weighted by Gasteiger charge is 2.21. The molecule has 140 valence electrons. The van der Waals surface area contributed by atoms with E-state index in [-0.39, 0.29) is 18.2 Å². The normalized spacial score (nSPS) is 10.5. The molecule has 1 heterocycles. The van der Waals surface area contributed by atoms with Gasteiger partial charge in [-0.1, -0.05) is 30.3 Å². The number of methoxy groups -OCH3 is 2. The zero-order chi connectivity index (χ0) is 19.4. The molecule has 0 radical (unpaired) electrons. The van der Waals surface area contributed by atoms with Crippen LogP contribution in [0.5, 0.6) is 5.75 Å². The first-order chi connectivity index (χ1) is 13.0. The van der Waals surface area contributed by atoms with Gasteiger partial charge >= 0.3 is 5.97 Å². The lowest BCUT2D eigenvalue weighted by Crippen LogP contribution is -2.18. The summed E-state index contributed by atoms with van der Waals surface area (Å²) in [6.07, 6.45) is 0. The van der Waals surface area contributed by atoms with E-state index in [2.05, 4.69) is 5.32 Å². The number of anilines is 1. The average Bonchev–Trinajstić information content (AvgIpc) is 3.04. The molecule has 2 aromatic carbocycles. The zero-order valence-electron chi connectivity index (χ0n) is 15.3. The van der Waals surface area contributed by atoms with E-state index in [4.69, 9.17) is 14.3 Å². The molecule has 0 unspecified atom stereocenters. The maximum atomic E-state index is 12.2. The van der Waals surface area contributed by atoms with Gasteiger partial charge in [-0.05, 0) is 17.7 Å². The molecule has 0 spiro atoms. The number of nitrogens with zero attached hydrogens (tertiary/aromatic N) is 1. The molecule has 3 aromatic rings. The van der Waals surface area contributed by atoms with Gasteiger partial charge in [-0.25, -0.2) is 4.79 Å². The number of amides is 1. The molecule has 27 heavy (non-hydrogen) atoms. The Morgan fingerprint density at radius 1 is 1.07 bits per heavy atom. The Hall–Kier alpha value is -3.48. The number of rotatable bonds is 6. The number of carbonyl (C=O) groups excluding carboxylic acids is 2. The first kappa shape index (κ1) is 18.3. The maximum Gasteiger partial charge on any atom is 0.358 e. The van der Waals surface area contributed by atoms with Gasteiger partial charge in [0, 0.05) is 24.1 Å². The second kappa shape index (κ2) is 7.82. The molecule has 1 N–H and O–H groups in total. The van der Waals surface area contributed by atoms with Crippen LogP contribution in [0.1, 0.15) is 23.0 Å². The van der Waals surface area contributed by atoms with Crippen LogP contribution >= 0.6 is 0 Å². The van der Waals surface area contributed by atoms with Crippen LogP contribution in [0.3, 0.4) is 0 Å². The molecule has 3 rings (SSSR count). The predicted octanol–water partition coefficient (Wildman–Crippen LogP) is 3.02. The summed E-state index contributed by atoms with van der Waals surface area (Å²) in [5, 5.41) is 3.39. The fraction of sp³-hybridized carbons (Fsp3) is 0.200. The van der Waals surface area contributed by atoms with Crippen LogP contribution < -0.4 is 14.9 Å². The number of nitrogens with one attached hydrogen (secondary N) is 1. The Kier molecular flexibility index (Phi) is 5.30. The number of ether oxygens (including phenoxy) is 2. The molecule has 0 aliphatic heterocycles. The van der Waals surface area contributed by atoms with Crippen molar-refractivity contribution in [3.63, 3.8) is 0 Å². The molecule has 0 atom stereocenters. The minimum Gasteiger partial charge on any atom is -0.496 e. The number of hydrogen-bond acceptors (Lipinski definition) is 5. The van der Waals surface area contributed by atoms with E-state index in [1.54, 1.807) is 18.2 Å². The van der Waals surface area contributed by atoms with Crippen molar-refractivity contribution in [2.24, 2.45) is 0 Å². The van der Waals surface area contributed by atoms with Gasteiger partial charge in [-0.15, -0.1) is 0 Å². The highest BCUT2D eigenvalue weighted by atomic mass is 16.7. The third-order valence-corrected chi connectivity index (χ3v) is 3.98. The molecule has 0 saturated heterocycles. The van der Waals surface area contributed by atoms with Gasteiger partial charge < -0.3 is 19.6 Å². The summed E-state index contributed by atoms with van der Waals surface area (Å²) in [6, 6.07) is 14.6. The summed E-state index contributed by atoms with van der Waals surface area (Å²) in [5.41, 5.74) is 2.28. The molecule has 0 bridgehead atoms. The van der Waals surface area contributed by atoms with Gasteiger partial charge in [0.1, 0.15) is 12.4 Å². The van der Waals surface area contributed by atoms with Crippen molar-refractivity contribution < 1.29 is 23.9 Å². The summed E-state index contributed by atoms with van der Waals surface area (Å²) in [5.74, 6) is -0.251. The summed E-state index contributed by atoms with van der Waals surface area (Å²) >= 11 is 0. The van der Waals surface area contributed by atoms with Crippen molar-refractivity contribution in [1.82, 2.24) is 4.73 Å². The molecule has 0 aliphatic carbocycles. The second-order valence-corrected chi connectivity index (χ2v) is 5.87. The summed E-state index contributed by atoms with van der Waals surface area (Å²) in [4.78, 5) is 29.6. The van der Waals surface area contributed by atoms with Crippen LogP contribution in [0.4, 0.5) is 5.69 Å².